The van der Waals surface area contributed by atoms with E-state index in [1.165, 1.54) is 7.05 Å². The summed E-state index contributed by atoms with van der Waals surface area (Å²) in [5.74, 6) is -0.421. The monoisotopic (exact) mass is 271 g/mol. The van der Waals surface area contributed by atoms with E-state index in [2.05, 4.69) is 10.1 Å². The fourth-order valence-electron chi connectivity index (χ4n) is 1.17. The van der Waals surface area contributed by atoms with Gasteiger partial charge in [-0.25, -0.2) is 4.79 Å². The maximum absolute atomic E-state index is 11.3. The van der Waals surface area contributed by atoms with E-state index in [0.717, 1.165) is 5.56 Å². The molecule has 0 unspecified atom stereocenters. The first-order chi connectivity index (χ1) is 8.52. The van der Waals surface area contributed by atoms with Crippen LogP contribution in [0.15, 0.2) is 18.2 Å². The van der Waals surface area contributed by atoms with Crippen LogP contribution in [-0.4, -0.2) is 32.1 Å². The molecule has 0 saturated carbocycles. The van der Waals surface area contributed by atoms with Crippen LogP contribution in [0.25, 0.3) is 0 Å². The zero-order chi connectivity index (χ0) is 13.5. The third kappa shape index (κ3) is 4.63. The van der Waals surface area contributed by atoms with Crippen molar-refractivity contribution in [2.75, 3.05) is 20.3 Å². The molecule has 0 bridgehead atoms. The molecular formula is C12H14ClNO4. The zero-order valence-electron chi connectivity index (χ0n) is 10.2. The van der Waals surface area contributed by atoms with Gasteiger partial charge in [-0.15, -0.1) is 0 Å². The minimum atomic E-state index is -0.604. The van der Waals surface area contributed by atoms with Gasteiger partial charge in [0.2, 0.25) is 0 Å². The third-order valence-electron chi connectivity index (χ3n) is 2.13. The Bertz CT molecular complexity index is 448. The molecule has 6 heteroatoms. The molecule has 0 heterocycles. The summed E-state index contributed by atoms with van der Waals surface area (Å²) >= 11 is 5.79. The largest absolute Gasteiger partial charge is 0.482 e. The topological polar surface area (TPSA) is 64.6 Å². The number of esters is 1. The number of rotatable bonds is 5. The predicted molar refractivity (Wildman–Crippen MR) is 66.7 cm³/mol. The van der Waals surface area contributed by atoms with Gasteiger partial charge in [0.15, 0.2) is 13.2 Å². The number of carbonyl (C=O) groups is 2. The van der Waals surface area contributed by atoms with E-state index in [1.807, 2.05) is 6.92 Å². The molecular weight excluding hydrogens is 258 g/mol. The molecule has 0 spiro atoms. The Hall–Kier alpha value is -1.75. The van der Waals surface area contributed by atoms with E-state index in [9.17, 15) is 9.59 Å². The van der Waals surface area contributed by atoms with Crippen molar-refractivity contribution in [1.82, 2.24) is 5.32 Å². The second-order valence-corrected chi connectivity index (χ2v) is 3.97. The predicted octanol–water partition coefficient (Wildman–Crippen LogP) is 1.32. The second kappa shape index (κ2) is 6.86. The van der Waals surface area contributed by atoms with Crippen molar-refractivity contribution in [3.63, 3.8) is 0 Å². The summed E-state index contributed by atoms with van der Waals surface area (Å²) in [5, 5.41) is 2.94. The lowest BCUT2D eigenvalue weighted by molar-refractivity contribution is -0.150. The lowest BCUT2D eigenvalue weighted by atomic mass is 10.2. The van der Waals surface area contributed by atoms with Crippen molar-refractivity contribution in [2.24, 2.45) is 0 Å². The van der Waals surface area contributed by atoms with Crippen LogP contribution in [0.2, 0.25) is 5.02 Å². The molecule has 0 aliphatic rings. The Morgan fingerprint density at radius 3 is 2.67 bits per heavy atom. The number of halogens is 1. The van der Waals surface area contributed by atoms with E-state index < -0.39 is 5.97 Å². The maximum atomic E-state index is 11.3. The van der Waals surface area contributed by atoms with Gasteiger partial charge < -0.3 is 14.8 Å². The van der Waals surface area contributed by atoms with Crippen LogP contribution in [0, 0.1) is 6.92 Å². The van der Waals surface area contributed by atoms with E-state index >= 15 is 0 Å². The molecule has 5 nitrogen and oxygen atoms in total. The van der Waals surface area contributed by atoms with Crippen molar-refractivity contribution in [2.45, 2.75) is 6.92 Å². The Kier molecular flexibility index (Phi) is 5.45. The summed E-state index contributed by atoms with van der Waals surface area (Å²) < 4.78 is 9.93. The van der Waals surface area contributed by atoms with Crippen molar-refractivity contribution in [3.8, 4) is 5.75 Å². The first-order valence-corrected chi connectivity index (χ1v) is 5.66. The highest BCUT2D eigenvalue weighted by Crippen LogP contribution is 2.21. The molecule has 98 valence electrons. The molecule has 1 rings (SSSR count). The lowest BCUT2D eigenvalue weighted by Gasteiger charge is -2.09. The van der Waals surface area contributed by atoms with Crippen molar-refractivity contribution in [1.29, 1.82) is 0 Å². The van der Waals surface area contributed by atoms with Gasteiger partial charge in [0.25, 0.3) is 5.91 Å². The summed E-state index contributed by atoms with van der Waals surface area (Å²) in [6.07, 6.45) is 0. The van der Waals surface area contributed by atoms with E-state index in [1.54, 1.807) is 18.2 Å². The van der Waals surface area contributed by atoms with Crippen molar-refractivity contribution < 1.29 is 19.1 Å². The van der Waals surface area contributed by atoms with Gasteiger partial charge in [-0.05, 0) is 30.7 Å². The number of aryl methyl sites for hydroxylation is 1. The molecule has 0 fully saturated rings. The molecule has 0 radical (unpaired) electrons. The normalized spacial score (nSPS) is 9.72. The van der Waals surface area contributed by atoms with Gasteiger partial charge in [0.05, 0.1) is 0 Å². The van der Waals surface area contributed by atoms with Gasteiger partial charge in [0, 0.05) is 12.1 Å². The van der Waals surface area contributed by atoms with E-state index in [0.29, 0.717) is 10.8 Å². The molecule has 0 saturated heterocycles. The number of ether oxygens (including phenoxy) is 2. The fraction of sp³-hybridized carbons (Fsp3) is 0.333. The maximum Gasteiger partial charge on any atom is 0.344 e. The van der Waals surface area contributed by atoms with Gasteiger partial charge in [-0.3, -0.25) is 4.79 Å². The van der Waals surface area contributed by atoms with Crippen LogP contribution in [0.5, 0.6) is 5.75 Å². The number of benzene rings is 1. The lowest BCUT2D eigenvalue weighted by Crippen LogP contribution is -2.26. The molecule has 1 aromatic carbocycles. The molecule has 1 N–H and O–H groups in total. The molecule has 0 aromatic heterocycles. The van der Waals surface area contributed by atoms with Crippen LogP contribution in [0.1, 0.15) is 5.56 Å². The molecule has 1 amide bonds. The van der Waals surface area contributed by atoms with Gasteiger partial charge >= 0.3 is 5.97 Å². The van der Waals surface area contributed by atoms with Crippen LogP contribution >= 0.6 is 11.6 Å². The highest BCUT2D eigenvalue weighted by Gasteiger charge is 2.08. The summed E-state index contributed by atoms with van der Waals surface area (Å²) in [5.41, 5.74) is 0.821. The smallest absolute Gasteiger partial charge is 0.344 e. The Balaban J connectivity index is 2.40. The third-order valence-corrected chi connectivity index (χ3v) is 2.36. The van der Waals surface area contributed by atoms with Gasteiger partial charge in [-0.2, -0.15) is 0 Å². The average Bonchev–Trinajstić information content (AvgIpc) is 2.34. The second-order valence-electron chi connectivity index (χ2n) is 3.53. The van der Waals surface area contributed by atoms with E-state index in [4.69, 9.17) is 16.3 Å². The van der Waals surface area contributed by atoms with Crippen molar-refractivity contribution >= 4 is 23.5 Å². The van der Waals surface area contributed by atoms with Crippen LogP contribution in [-0.2, 0) is 14.3 Å². The number of amides is 1. The molecule has 0 aliphatic heterocycles. The Morgan fingerprint density at radius 2 is 2.06 bits per heavy atom. The highest BCUT2D eigenvalue weighted by molar-refractivity contribution is 6.30. The molecule has 1 aromatic rings. The minimum Gasteiger partial charge on any atom is -0.482 e. The number of hydrogen-bond acceptors (Lipinski definition) is 4. The quantitative estimate of drug-likeness (QED) is 0.821. The number of nitrogens with one attached hydrogen (secondary N) is 1. The Labute approximate surface area is 110 Å². The van der Waals surface area contributed by atoms with Gasteiger partial charge in [0.1, 0.15) is 5.75 Å². The summed E-state index contributed by atoms with van der Waals surface area (Å²) in [6.45, 7) is 1.26. The number of hydrogen-bond donors (Lipinski definition) is 1. The van der Waals surface area contributed by atoms with Gasteiger partial charge in [-0.1, -0.05) is 11.6 Å². The van der Waals surface area contributed by atoms with E-state index in [-0.39, 0.29) is 19.1 Å². The highest BCUT2D eigenvalue weighted by atomic mass is 35.5. The molecule has 0 atom stereocenters. The van der Waals surface area contributed by atoms with Crippen LogP contribution in [0.3, 0.4) is 0 Å². The SMILES string of the molecule is CNC(=O)COC(=O)COc1ccc(Cl)cc1C. The summed E-state index contributed by atoms with van der Waals surface area (Å²) in [6, 6.07) is 5.07. The standard InChI is InChI=1S/C12H14ClNO4/c1-8-5-9(13)3-4-10(8)17-7-12(16)18-6-11(15)14-2/h3-5H,6-7H2,1-2H3,(H,14,15). The minimum absolute atomic E-state index is 0.251. The van der Waals surface area contributed by atoms with Crippen molar-refractivity contribution in [3.05, 3.63) is 28.8 Å². The molecule has 18 heavy (non-hydrogen) atoms. The fourth-order valence-corrected chi connectivity index (χ4v) is 1.40. The van der Waals surface area contributed by atoms with Crippen LogP contribution < -0.4 is 10.1 Å². The summed E-state index contributed by atoms with van der Waals surface area (Å²) in [4.78, 5) is 22.1. The molecule has 0 aliphatic carbocycles. The average molecular weight is 272 g/mol. The first-order valence-electron chi connectivity index (χ1n) is 5.28. The zero-order valence-corrected chi connectivity index (χ0v) is 10.9. The summed E-state index contributed by atoms with van der Waals surface area (Å²) in [7, 11) is 1.46. The first kappa shape index (κ1) is 14.3. The Morgan fingerprint density at radius 1 is 1.33 bits per heavy atom. The number of likely N-dealkylation sites (N-methyl/N-ethyl adjacent to an activating group) is 1. The number of carbonyl (C=O) groups excluding carboxylic acids is 2. The van der Waals surface area contributed by atoms with Crippen LogP contribution in [0.4, 0.5) is 0 Å².